The summed E-state index contributed by atoms with van der Waals surface area (Å²) in [6.07, 6.45) is -1.86. The molecule has 1 unspecified atom stereocenters. The second kappa shape index (κ2) is 6.67. The van der Waals surface area contributed by atoms with Crippen LogP contribution in [0.2, 0.25) is 0 Å². The van der Waals surface area contributed by atoms with E-state index >= 15 is 0 Å². The first-order chi connectivity index (χ1) is 8.00. The maximum Gasteiger partial charge on any atom is 0.261 e. The van der Waals surface area contributed by atoms with Crippen LogP contribution < -0.4 is 5.73 Å². The molecule has 0 aliphatic carbocycles. The van der Waals surface area contributed by atoms with Crippen molar-refractivity contribution in [3.8, 4) is 0 Å². The molecule has 1 atom stereocenters. The molecule has 1 aromatic rings. The van der Waals surface area contributed by atoms with Gasteiger partial charge in [-0.25, -0.2) is 8.78 Å². The van der Waals surface area contributed by atoms with Crippen molar-refractivity contribution in [3.05, 3.63) is 34.9 Å². The Kier molecular flexibility index (Phi) is 5.51. The number of halogens is 2. The van der Waals surface area contributed by atoms with Crippen molar-refractivity contribution in [2.24, 2.45) is 5.73 Å². The van der Waals surface area contributed by atoms with E-state index < -0.39 is 13.0 Å². The monoisotopic (exact) mass is 243 g/mol. The van der Waals surface area contributed by atoms with Crippen molar-refractivity contribution in [2.75, 3.05) is 13.2 Å². The Morgan fingerprint density at radius 1 is 1.24 bits per heavy atom. The van der Waals surface area contributed by atoms with Crippen LogP contribution in [0.4, 0.5) is 8.78 Å². The summed E-state index contributed by atoms with van der Waals surface area (Å²) in [6, 6.07) is 5.87. The minimum Gasteiger partial charge on any atom is -0.375 e. The van der Waals surface area contributed by atoms with E-state index in [1.165, 1.54) is 11.1 Å². The Balaban J connectivity index is 2.41. The van der Waals surface area contributed by atoms with Gasteiger partial charge in [-0.3, -0.25) is 0 Å². The van der Waals surface area contributed by atoms with E-state index in [4.69, 9.17) is 10.5 Å². The molecular weight excluding hydrogens is 224 g/mol. The number of hydrogen-bond donors (Lipinski definition) is 1. The van der Waals surface area contributed by atoms with E-state index in [1.54, 1.807) is 0 Å². The van der Waals surface area contributed by atoms with Gasteiger partial charge in [0.2, 0.25) is 0 Å². The zero-order chi connectivity index (χ0) is 12.8. The molecule has 0 amide bonds. The summed E-state index contributed by atoms with van der Waals surface area (Å²) in [5, 5.41) is 0. The van der Waals surface area contributed by atoms with E-state index in [-0.39, 0.29) is 12.6 Å². The average molecular weight is 243 g/mol. The number of nitrogens with two attached hydrogens (primary N) is 1. The maximum absolute atomic E-state index is 11.8. The van der Waals surface area contributed by atoms with Crippen LogP contribution in [0.3, 0.4) is 0 Å². The van der Waals surface area contributed by atoms with Crippen molar-refractivity contribution in [3.63, 3.8) is 0 Å². The Labute approximate surface area is 101 Å². The Hall–Kier alpha value is -1.00. The molecule has 4 heteroatoms. The van der Waals surface area contributed by atoms with Gasteiger partial charge in [0.25, 0.3) is 6.43 Å². The predicted molar refractivity (Wildman–Crippen MR) is 64.3 cm³/mol. The molecule has 1 rings (SSSR count). The van der Waals surface area contributed by atoms with E-state index in [2.05, 4.69) is 0 Å². The molecule has 1 aromatic carbocycles. The fraction of sp³-hybridized carbons (Fsp3) is 0.538. The smallest absolute Gasteiger partial charge is 0.261 e. The summed E-state index contributed by atoms with van der Waals surface area (Å²) < 4.78 is 28.5. The van der Waals surface area contributed by atoms with Crippen molar-refractivity contribution in [1.82, 2.24) is 0 Å². The fourth-order valence-electron chi connectivity index (χ4n) is 1.54. The summed E-state index contributed by atoms with van der Waals surface area (Å²) in [5.74, 6) is 0. The SMILES string of the molecule is Cc1ccc(C(N)CCOCC(F)F)cc1C. The highest BCUT2D eigenvalue weighted by Gasteiger charge is 2.08. The Morgan fingerprint density at radius 2 is 1.94 bits per heavy atom. The van der Waals surface area contributed by atoms with Gasteiger partial charge in [0, 0.05) is 12.6 Å². The lowest BCUT2D eigenvalue weighted by molar-refractivity contribution is 0.0152. The molecule has 17 heavy (non-hydrogen) atoms. The minimum absolute atomic E-state index is 0.160. The van der Waals surface area contributed by atoms with E-state index in [1.807, 2.05) is 32.0 Å². The van der Waals surface area contributed by atoms with E-state index in [0.717, 1.165) is 5.56 Å². The van der Waals surface area contributed by atoms with Gasteiger partial charge in [-0.1, -0.05) is 18.2 Å². The highest BCUT2D eigenvalue weighted by atomic mass is 19.3. The van der Waals surface area contributed by atoms with Crippen LogP contribution in [0.1, 0.15) is 29.2 Å². The molecule has 0 fully saturated rings. The number of alkyl halides is 2. The van der Waals surface area contributed by atoms with Crippen LogP contribution in [0.15, 0.2) is 18.2 Å². The summed E-state index contributed by atoms with van der Waals surface area (Å²) >= 11 is 0. The number of aryl methyl sites for hydroxylation is 2. The molecule has 0 heterocycles. The number of benzene rings is 1. The first kappa shape index (κ1) is 14.1. The first-order valence-electron chi connectivity index (χ1n) is 5.69. The normalized spacial score (nSPS) is 13.1. The maximum atomic E-state index is 11.8. The van der Waals surface area contributed by atoms with Crippen molar-refractivity contribution < 1.29 is 13.5 Å². The quantitative estimate of drug-likeness (QED) is 0.779. The van der Waals surface area contributed by atoms with Gasteiger partial charge in [-0.05, 0) is 37.0 Å². The van der Waals surface area contributed by atoms with Gasteiger partial charge < -0.3 is 10.5 Å². The highest BCUT2D eigenvalue weighted by Crippen LogP contribution is 2.17. The van der Waals surface area contributed by atoms with Crippen molar-refractivity contribution in [2.45, 2.75) is 32.7 Å². The third kappa shape index (κ3) is 4.79. The molecule has 0 aliphatic rings. The Bertz CT molecular complexity index is 355. The van der Waals surface area contributed by atoms with E-state index in [0.29, 0.717) is 6.42 Å². The second-order valence-corrected chi connectivity index (χ2v) is 4.20. The lowest BCUT2D eigenvalue weighted by Crippen LogP contribution is -2.15. The predicted octanol–water partition coefficient (Wildman–Crippen LogP) is 2.98. The van der Waals surface area contributed by atoms with Gasteiger partial charge in [-0.2, -0.15) is 0 Å². The van der Waals surface area contributed by atoms with E-state index in [9.17, 15) is 8.78 Å². The largest absolute Gasteiger partial charge is 0.375 e. The van der Waals surface area contributed by atoms with Gasteiger partial charge in [0.05, 0.1) is 0 Å². The molecular formula is C13H19F2NO. The molecule has 0 radical (unpaired) electrons. The zero-order valence-electron chi connectivity index (χ0n) is 10.2. The summed E-state index contributed by atoms with van der Waals surface area (Å²) in [5.41, 5.74) is 9.39. The van der Waals surface area contributed by atoms with Crippen LogP contribution in [0.25, 0.3) is 0 Å². The van der Waals surface area contributed by atoms with Crippen molar-refractivity contribution >= 4 is 0 Å². The van der Waals surface area contributed by atoms with Gasteiger partial charge in [0.1, 0.15) is 6.61 Å². The fourth-order valence-corrected chi connectivity index (χ4v) is 1.54. The minimum atomic E-state index is -2.41. The molecule has 0 aliphatic heterocycles. The topological polar surface area (TPSA) is 35.2 Å². The van der Waals surface area contributed by atoms with Gasteiger partial charge >= 0.3 is 0 Å². The second-order valence-electron chi connectivity index (χ2n) is 4.20. The summed E-state index contributed by atoms with van der Waals surface area (Å²) in [4.78, 5) is 0. The third-order valence-corrected chi connectivity index (χ3v) is 2.78. The Morgan fingerprint density at radius 3 is 2.53 bits per heavy atom. The molecule has 0 saturated heterocycles. The standard InChI is InChI=1S/C13H19F2NO/c1-9-3-4-11(7-10(9)2)12(16)5-6-17-8-13(14)15/h3-4,7,12-13H,5-6,8,16H2,1-2H3. The van der Waals surface area contributed by atoms with Crippen molar-refractivity contribution in [1.29, 1.82) is 0 Å². The van der Waals surface area contributed by atoms with Crippen LogP contribution in [0, 0.1) is 13.8 Å². The van der Waals surface area contributed by atoms with Crippen LogP contribution in [0.5, 0.6) is 0 Å². The van der Waals surface area contributed by atoms with Crippen LogP contribution in [-0.4, -0.2) is 19.6 Å². The number of ether oxygens (including phenoxy) is 1. The van der Waals surface area contributed by atoms with Gasteiger partial charge in [0.15, 0.2) is 0 Å². The molecule has 2 N–H and O–H groups in total. The average Bonchev–Trinajstić information content (AvgIpc) is 2.27. The third-order valence-electron chi connectivity index (χ3n) is 2.78. The zero-order valence-corrected chi connectivity index (χ0v) is 10.2. The van der Waals surface area contributed by atoms with Crippen LogP contribution >= 0.6 is 0 Å². The highest BCUT2D eigenvalue weighted by molar-refractivity contribution is 5.31. The van der Waals surface area contributed by atoms with Gasteiger partial charge in [-0.15, -0.1) is 0 Å². The lowest BCUT2D eigenvalue weighted by Gasteiger charge is -2.13. The summed E-state index contributed by atoms with van der Waals surface area (Å²) in [7, 11) is 0. The molecule has 0 aromatic heterocycles. The molecule has 2 nitrogen and oxygen atoms in total. The summed E-state index contributed by atoms with van der Waals surface area (Å²) in [6.45, 7) is 3.81. The molecule has 0 saturated carbocycles. The molecule has 96 valence electrons. The number of rotatable bonds is 6. The van der Waals surface area contributed by atoms with Crippen LogP contribution in [-0.2, 0) is 4.74 Å². The first-order valence-corrected chi connectivity index (χ1v) is 5.69. The molecule has 0 bridgehead atoms. The molecule has 0 spiro atoms. The number of hydrogen-bond acceptors (Lipinski definition) is 2. The lowest BCUT2D eigenvalue weighted by atomic mass is 10.00.